The Morgan fingerprint density at radius 3 is 2.00 bits per heavy atom. The van der Waals surface area contributed by atoms with Crippen molar-refractivity contribution >= 4 is 39.6 Å². The fourth-order valence-corrected chi connectivity index (χ4v) is 7.55. The molecule has 14 heteroatoms. The van der Waals surface area contributed by atoms with Crippen LogP contribution in [0.3, 0.4) is 0 Å². The number of carbonyl (C=O) groups is 5. The van der Waals surface area contributed by atoms with Gasteiger partial charge in [0.1, 0.15) is 12.1 Å². The molecule has 48 heavy (non-hydrogen) atoms. The number of carbonyl (C=O) groups excluding carboxylic acids is 5. The number of likely N-dealkylation sites (tertiary alicyclic amines) is 1. The molecule has 1 aliphatic heterocycles. The first-order valence-corrected chi connectivity index (χ1v) is 19.5. The van der Waals surface area contributed by atoms with Crippen molar-refractivity contribution in [1.82, 2.24) is 30.5 Å². The van der Waals surface area contributed by atoms with Crippen LogP contribution in [0, 0.1) is 28.6 Å². The number of hydrogen-bond acceptors (Lipinski definition) is 7. The predicted molar refractivity (Wildman–Crippen MR) is 182 cm³/mol. The number of Topliss-reactive ketones (excluding diaryl/α,β-unsaturated/α-hetero) is 1. The zero-order chi connectivity index (χ0) is 35.8. The molecule has 4 aliphatic rings. The number of rotatable bonds is 13. The van der Waals surface area contributed by atoms with Crippen molar-refractivity contribution in [3.05, 3.63) is 0 Å². The van der Waals surface area contributed by atoms with Gasteiger partial charge in [0.2, 0.25) is 27.6 Å². The SMILES string of the molecule is CN(C[C@@H](NC(=O)N[C@H](C(=O)N1C[C@@H]2CCC[C@@H]2[C@H]1C(=O)NC(CC1CCC1)C(=O)C(=O)NC1CC1)C(C)(C)C)C(C)(C)C)S(C)(=O)=O. The van der Waals surface area contributed by atoms with Gasteiger partial charge in [-0.3, -0.25) is 19.2 Å². The average Bonchev–Trinajstić information content (AvgIpc) is 3.50. The van der Waals surface area contributed by atoms with Crippen LogP contribution < -0.4 is 21.3 Å². The quantitative estimate of drug-likeness (QED) is 0.214. The first-order chi connectivity index (χ1) is 22.2. The molecule has 1 unspecified atom stereocenters. The Morgan fingerprint density at radius 1 is 0.854 bits per heavy atom. The molecule has 6 atom stereocenters. The second-order valence-electron chi connectivity index (χ2n) is 16.9. The zero-order valence-electron chi connectivity index (χ0n) is 30.1. The Balaban J connectivity index is 1.53. The van der Waals surface area contributed by atoms with Gasteiger partial charge < -0.3 is 26.2 Å². The molecule has 0 aromatic heterocycles. The van der Waals surface area contributed by atoms with E-state index in [-0.39, 0.29) is 36.2 Å². The van der Waals surface area contributed by atoms with E-state index in [1.165, 1.54) is 11.4 Å². The van der Waals surface area contributed by atoms with Crippen LogP contribution in [-0.2, 0) is 29.2 Å². The minimum atomic E-state index is -3.49. The summed E-state index contributed by atoms with van der Waals surface area (Å²) in [7, 11) is -2.04. The van der Waals surface area contributed by atoms with Gasteiger partial charge in [-0.2, -0.15) is 0 Å². The smallest absolute Gasteiger partial charge is 0.315 e. The number of likely N-dealkylation sites (N-methyl/N-ethyl adjacent to an activating group) is 1. The summed E-state index contributed by atoms with van der Waals surface area (Å²) in [6.45, 7) is 11.6. The van der Waals surface area contributed by atoms with E-state index < -0.39 is 68.6 Å². The molecule has 0 aromatic carbocycles. The van der Waals surface area contributed by atoms with Gasteiger partial charge in [0.25, 0.3) is 5.91 Å². The van der Waals surface area contributed by atoms with Gasteiger partial charge in [0.05, 0.1) is 12.3 Å². The maximum atomic E-state index is 14.4. The Labute approximate surface area is 286 Å². The lowest BCUT2D eigenvalue weighted by molar-refractivity contribution is -0.144. The van der Waals surface area contributed by atoms with Crippen molar-refractivity contribution in [3.63, 3.8) is 0 Å². The summed E-state index contributed by atoms with van der Waals surface area (Å²) >= 11 is 0. The summed E-state index contributed by atoms with van der Waals surface area (Å²) in [5.74, 6) is -1.82. The number of nitrogens with zero attached hydrogens (tertiary/aromatic N) is 2. The minimum absolute atomic E-state index is 0.0157. The van der Waals surface area contributed by atoms with Gasteiger partial charge in [-0.1, -0.05) is 67.2 Å². The van der Waals surface area contributed by atoms with Crippen LogP contribution in [0.4, 0.5) is 4.79 Å². The highest BCUT2D eigenvalue weighted by Crippen LogP contribution is 2.43. The van der Waals surface area contributed by atoms with Crippen LogP contribution >= 0.6 is 0 Å². The third-order valence-corrected chi connectivity index (χ3v) is 12.0. The van der Waals surface area contributed by atoms with Crippen LogP contribution in [0.25, 0.3) is 0 Å². The Hall–Kier alpha value is -2.74. The maximum Gasteiger partial charge on any atom is 0.315 e. The third kappa shape index (κ3) is 9.48. The highest BCUT2D eigenvalue weighted by atomic mass is 32.2. The number of amides is 5. The van der Waals surface area contributed by atoms with Crippen molar-refractivity contribution < 1.29 is 32.4 Å². The molecule has 4 rings (SSSR count). The van der Waals surface area contributed by atoms with Crippen LogP contribution in [0.15, 0.2) is 0 Å². The van der Waals surface area contributed by atoms with Crippen molar-refractivity contribution in [1.29, 1.82) is 0 Å². The first-order valence-electron chi connectivity index (χ1n) is 17.6. The number of ketones is 1. The molecule has 13 nitrogen and oxygen atoms in total. The molecule has 5 amide bonds. The van der Waals surface area contributed by atoms with E-state index in [9.17, 15) is 32.4 Å². The van der Waals surface area contributed by atoms with Crippen molar-refractivity contribution in [2.45, 2.75) is 130 Å². The minimum Gasteiger partial charge on any atom is -0.347 e. The van der Waals surface area contributed by atoms with Crippen molar-refractivity contribution in [2.75, 3.05) is 26.4 Å². The normalized spacial score (nSPS) is 25.0. The van der Waals surface area contributed by atoms with E-state index in [2.05, 4.69) is 21.3 Å². The monoisotopic (exact) mass is 694 g/mol. The average molecular weight is 695 g/mol. The van der Waals surface area contributed by atoms with E-state index in [1.807, 2.05) is 41.5 Å². The number of urea groups is 1. The molecule has 1 heterocycles. The molecular weight excluding hydrogens is 636 g/mol. The van der Waals surface area contributed by atoms with Crippen LogP contribution in [-0.4, -0.2) is 104 Å². The second kappa shape index (κ2) is 14.6. The van der Waals surface area contributed by atoms with Crippen molar-refractivity contribution in [2.24, 2.45) is 28.6 Å². The van der Waals surface area contributed by atoms with Gasteiger partial charge >= 0.3 is 6.03 Å². The molecule has 0 spiro atoms. The maximum absolute atomic E-state index is 14.4. The van der Waals surface area contributed by atoms with E-state index in [1.54, 1.807) is 4.90 Å². The standard InChI is InChI=1S/C34H58N6O7S/c1-33(2,3)25(19-39(7)48(8,46)47)37-32(45)38-28(34(4,5)6)31(44)40-18-21-13-10-14-23(21)26(40)29(42)36-24(17-20-11-9-12-20)27(41)30(43)35-22-15-16-22/h20-26,28H,9-19H2,1-8H3,(H,35,43)(H,36,42)(H2,37,38,45)/t21-,23-,24?,25+,26-,28+/m0/s1. The summed E-state index contributed by atoms with van der Waals surface area (Å²) in [4.78, 5) is 69.8. The molecule has 0 radical (unpaired) electrons. The summed E-state index contributed by atoms with van der Waals surface area (Å²) in [6.07, 6.45) is 8.73. The molecular formula is C34H58N6O7S. The molecule has 272 valence electrons. The molecule has 4 fully saturated rings. The summed E-state index contributed by atoms with van der Waals surface area (Å²) < 4.78 is 25.4. The van der Waals surface area contributed by atoms with Crippen LogP contribution in [0.5, 0.6) is 0 Å². The fourth-order valence-electron chi connectivity index (χ4n) is 7.14. The highest BCUT2D eigenvalue weighted by molar-refractivity contribution is 7.88. The van der Waals surface area contributed by atoms with Crippen molar-refractivity contribution in [3.8, 4) is 0 Å². The fraction of sp³-hybridized carbons (Fsp3) is 0.853. The van der Waals surface area contributed by atoms with E-state index >= 15 is 0 Å². The van der Waals surface area contributed by atoms with Gasteiger partial charge in [-0.05, 0) is 60.7 Å². The third-order valence-electron chi connectivity index (χ3n) is 10.8. The number of nitrogens with one attached hydrogen (secondary N) is 4. The number of sulfonamides is 1. The molecule has 3 aliphatic carbocycles. The van der Waals surface area contributed by atoms with E-state index in [0.29, 0.717) is 13.0 Å². The molecule has 1 saturated heterocycles. The summed E-state index contributed by atoms with van der Waals surface area (Å²) in [5.41, 5.74) is -1.24. The Kier molecular flexibility index (Phi) is 11.6. The van der Waals surface area contributed by atoms with Gasteiger partial charge in [-0.25, -0.2) is 17.5 Å². The number of hydrogen-bond donors (Lipinski definition) is 4. The largest absolute Gasteiger partial charge is 0.347 e. The van der Waals surface area contributed by atoms with E-state index in [0.717, 1.165) is 57.6 Å². The van der Waals surface area contributed by atoms with Gasteiger partial charge in [0, 0.05) is 32.2 Å². The second-order valence-corrected chi connectivity index (χ2v) is 19.0. The Morgan fingerprint density at radius 2 is 1.48 bits per heavy atom. The molecule has 0 aromatic rings. The summed E-state index contributed by atoms with van der Waals surface area (Å²) in [6, 6.07) is -3.95. The highest BCUT2D eigenvalue weighted by Gasteiger charge is 2.52. The lowest BCUT2D eigenvalue weighted by atomic mass is 9.80. The summed E-state index contributed by atoms with van der Waals surface area (Å²) in [5, 5.41) is 11.4. The first kappa shape index (κ1) is 38.1. The van der Waals surface area contributed by atoms with Gasteiger partial charge in [-0.15, -0.1) is 0 Å². The van der Waals surface area contributed by atoms with Gasteiger partial charge in [0.15, 0.2) is 0 Å². The molecule has 4 N–H and O–H groups in total. The molecule has 3 saturated carbocycles. The van der Waals surface area contributed by atoms with E-state index in [4.69, 9.17) is 0 Å². The molecule has 0 bridgehead atoms. The Bertz CT molecular complexity index is 1350. The van der Waals surface area contributed by atoms with Crippen LogP contribution in [0.1, 0.15) is 99.3 Å². The lowest BCUT2D eigenvalue weighted by Gasteiger charge is -2.38. The predicted octanol–water partition coefficient (Wildman–Crippen LogP) is 2.16. The lowest BCUT2D eigenvalue weighted by Crippen LogP contribution is -2.62. The topological polar surface area (TPSA) is 174 Å². The zero-order valence-corrected chi connectivity index (χ0v) is 30.9. The van der Waals surface area contributed by atoms with Crippen LogP contribution in [0.2, 0.25) is 0 Å². The number of fused-ring (bicyclic) bond motifs is 1.